The zero-order valence-corrected chi connectivity index (χ0v) is 12.8. The average Bonchev–Trinajstić information content (AvgIpc) is 2.97. The molecule has 1 amide bonds. The van der Waals surface area contributed by atoms with E-state index in [1.54, 1.807) is 25.1 Å². The van der Waals surface area contributed by atoms with E-state index >= 15 is 0 Å². The molecule has 5 nitrogen and oxygen atoms in total. The van der Waals surface area contributed by atoms with Gasteiger partial charge in [0.2, 0.25) is 12.7 Å². The van der Waals surface area contributed by atoms with Gasteiger partial charge in [-0.3, -0.25) is 4.79 Å². The minimum atomic E-state index is -2.60. The number of halogens is 2. The van der Waals surface area contributed by atoms with Crippen LogP contribution >= 0.6 is 0 Å². The number of alkyl halides is 2. The van der Waals surface area contributed by atoms with Crippen LogP contribution in [0, 0.1) is 0 Å². The van der Waals surface area contributed by atoms with E-state index < -0.39 is 12.0 Å². The van der Waals surface area contributed by atoms with E-state index in [0.717, 1.165) is 0 Å². The van der Waals surface area contributed by atoms with Crippen LogP contribution in [-0.4, -0.2) is 30.8 Å². The highest BCUT2D eigenvalue weighted by Gasteiger charge is 2.35. The predicted octanol–water partition coefficient (Wildman–Crippen LogP) is 2.88. The molecule has 1 fully saturated rings. The summed E-state index contributed by atoms with van der Waals surface area (Å²) in [6, 6.07) is 4.85. The van der Waals surface area contributed by atoms with E-state index in [9.17, 15) is 13.6 Å². The number of ether oxygens (including phenoxy) is 3. The molecule has 0 bridgehead atoms. The third-order valence-electron chi connectivity index (χ3n) is 4.09. The number of benzene rings is 1. The first-order valence-electron chi connectivity index (χ1n) is 7.67. The van der Waals surface area contributed by atoms with Crippen LogP contribution in [-0.2, 0) is 4.79 Å². The SMILES string of the molecule is CC(Oc1ccc2c(c1)OCO2)C(=O)NC1CCC(F)(F)CC1. The Kier molecular flexibility index (Phi) is 4.28. The Morgan fingerprint density at radius 1 is 1.30 bits per heavy atom. The third-order valence-corrected chi connectivity index (χ3v) is 4.09. The monoisotopic (exact) mass is 327 g/mol. The highest BCUT2D eigenvalue weighted by atomic mass is 19.3. The van der Waals surface area contributed by atoms with Crippen LogP contribution in [0.15, 0.2) is 18.2 Å². The van der Waals surface area contributed by atoms with Crippen molar-refractivity contribution in [2.75, 3.05) is 6.79 Å². The molecule has 1 saturated carbocycles. The fourth-order valence-corrected chi connectivity index (χ4v) is 2.71. The average molecular weight is 327 g/mol. The molecule has 7 heteroatoms. The number of fused-ring (bicyclic) bond motifs is 1. The van der Waals surface area contributed by atoms with Gasteiger partial charge in [0, 0.05) is 24.9 Å². The lowest BCUT2D eigenvalue weighted by atomic mass is 9.92. The number of carbonyl (C=O) groups excluding carboxylic acids is 1. The minimum absolute atomic E-state index is 0.168. The summed E-state index contributed by atoms with van der Waals surface area (Å²) in [6.45, 7) is 1.79. The van der Waals surface area contributed by atoms with Crippen molar-refractivity contribution in [3.8, 4) is 17.2 Å². The molecule has 1 aromatic carbocycles. The van der Waals surface area contributed by atoms with Crippen LogP contribution in [0.3, 0.4) is 0 Å². The first kappa shape index (κ1) is 15.8. The van der Waals surface area contributed by atoms with Crippen molar-refractivity contribution in [3.63, 3.8) is 0 Å². The van der Waals surface area contributed by atoms with E-state index in [-0.39, 0.29) is 44.4 Å². The van der Waals surface area contributed by atoms with Crippen molar-refractivity contribution < 1.29 is 27.8 Å². The zero-order chi connectivity index (χ0) is 16.4. The number of hydrogen-bond donors (Lipinski definition) is 1. The van der Waals surface area contributed by atoms with Crippen LogP contribution in [0.2, 0.25) is 0 Å². The standard InChI is InChI=1S/C16H19F2NO4/c1-10(15(20)19-11-4-6-16(17,18)7-5-11)23-12-2-3-13-14(8-12)22-9-21-13/h2-3,8,10-11H,4-7,9H2,1H3,(H,19,20). The molecule has 1 atom stereocenters. The van der Waals surface area contributed by atoms with Gasteiger partial charge in [0.05, 0.1) is 0 Å². The van der Waals surface area contributed by atoms with Gasteiger partial charge in [-0.2, -0.15) is 0 Å². The van der Waals surface area contributed by atoms with Crippen molar-refractivity contribution in [3.05, 3.63) is 18.2 Å². The Labute approximate surface area is 132 Å². The van der Waals surface area contributed by atoms with Crippen LogP contribution in [0.5, 0.6) is 17.2 Å². The third kappa shape index (κ3) is 3.83. The summed E-state index contributed by atoms with van der Waals surface area (Å²) in [7, 11) is 0. The van der Waals surface area contributed by atoms with Crippen molar-refractivity contribution >= 4 is 5.91 Å². The quantitative estimate of drug-likeness (QED) is 0.924. The summed E-state index contributed by atoms with van der Waals surface area (Å²) in [5, 5.41) is 2.78. The van der Waals surface area contributed by atoms with Gasteiger partial charge in [-0.15, -0.1) is 0 Å². The second kappa shape index (κ2) is 6.22. The lowest BCUT2D eigenvalue weighted by molar-refractivity contribution is -0.129. The van der Waals surface area contributed by atoms with E-state index in [1.807, 2.05) is 0 Å². The fraction of sp³-hybridized carbons (Fsp3) is 0.562. The van der Waals surface area contributed by atoms with Crippen LogP contribution in [0.1, 0.15) is 32.6 Å². The van der Waals surface area contributed by atoms with Crippen LogP contribution in [0.4, 0.5) is 8.78 Å². The molecule has 1 aliphatic carbocycles. The Morgan fingerprint density at radius 3 is 2.74 bits per heavy atom. The normalized spacial score (nSPS) is 20.8. The number of hydrogen-bond acceptors (Lipinski definition) is 4. The van der Waals surface area contributed by atoms with E-state index in [1.165, 1.54) is 0 Å². The summed E-state index contributed by atoms with van der Waals surface area (Å²) in [5.41, 5.74) is 0. The summed E-state index contributed by atoms with van der Waals surface area (Å²) in [6.07, 6.45) is -0.520. The van der Waals surface area contributed by atoms with Crippen molar-refractivity contribution in [2.24, 2.45) is 0 Å². The zero-order valence-electron chi connectivity index (χ0n) is 12.8. The van der Waals surface area contributed by atoms with E-state index in [4.69, 9.17) is 14.2 Å². The lowest BCUT2D eigenvalue weighted by Crippen LogP contribution is -2.45. The number of carbonyl (C=O) groups is 1. The van der Waals surface area contributed by atoms with Crippen LogP contribution in [0.25, 0.3) is 0 Å². The Morgan fingerprint density at radius 2 is 2.00 bits per heavy atom. The van der Waals surface area contributed by atoms with Gasteiger partial charge < -0.3 is 19.5 Å². The van der Waals surface area contributed by atoms with Crippen molar-refractivity contribution in [2.45, 2.75) is 50.7 Å². The number of rotatable bonds is 4. The second-order valence-electron chi connectivity index (χ2n) is 5.91. The van der Waals surface area contributed by atoms with Crippen LogP contribution < -0.4 is 19.5 Å². The van der Waals surface area contributed by atoms with Gasteiger partial charge >= 0.3 is 0 Å². The van der Waals surface area contributed by atoms with Gasteiger partial charge in [-0.25, -0.2) is 8.78 Å². The van der Waals surface area contributed by atoms with E-state index in [0.29, 0.717) is 17.2 Å². The van der Waals surface area contributed by atoms with Crippen molar-refractivity contribution in [1.29, 1.82) is 0 Å². The molecule has 3 rings (SSSR count). The maximum atomic E-state index is 13.1. The topological polar surface area (TPSA) is 56.8 Å². The maximum Gasteiger partial charge on any atom is 0.260 e. The summed E-state index contributed by atoms with van der Waals surface area (Å²) >= 11 is 0. The molecule has 0 aromatic heterocycles. The highest BCUT2D eigenvalue weighted by Crippen LogP contribution is 2.35. The Hall–Kier alpha value is -2.05. The Balaban J connectivity index is 1.52. The first-order valence-corrected chi connectivity index (χ1v) is 7.67. The summed E-state index contributed by atoms with van der Waals surface area (Å²) < 4.78 is 42.3. The molecule has 0 spiro atoms. The van der Waals surface area contributed by atoms with Crippen molar-refractivity contribution in [1.82, 2.24) is 5.32 Å². The molecule has 1 N–H and O–H groups in total. The molecule has 23 heavy (non-hydrogen) atoms. The fourth-order valence-electron chi connectivity index (χ4n) is 2.71. The minimum Gasteiger partial charge on any atom is -0.481 e. The summed E-state index contributed by atoms with van der Waals surface area (Å²) in [4.78, 5) is 12.1. The summed E-state index contributed by atoms with van der Waals surface area (Å²) in [5.74, 6) is -1.21. The second-order valence-corrected chi connectivity index (χ2v) is 5.91. The van der Waals surface area contributed by atoms with E-state index in [2.05, 4.69) is 5.32 Å². The van der Waals surface area contributed by atoms with Gasteiger partial charge in [-0.05, 0) is 31.9 Å². The molecule has 2 aliphatic rings. The smallest absolute Gasteiger partial charge is 0.260 e. The number of amides is 1. The largest absolute Gasteiger partial charge is 0.481 e. The predicted molar refractivity (Wildman–Crippen MR) is 78.0 cm³/mol. The van der Waals surface area contributed by atoms with Gasteiger partial charge in [0.15, 0.2) is 17.6 Å². The van der Waals surface area contributed by atoms with Gasteiger partial charge in [0.25, 0.3) is 5.91 Å². The van der Waals surface area contributed by atoms with Gasteiger partial charge in [-0.1, -0.05) is 0 Å². The molecule has 0 radical (unpaired) electrons. The highest BCUT2D eigenvalue weighted by molar-refractivity contribution is 5.81. The maximum absolute atomic E-state index is 13.1. The van der Waals surface area contributed by atoms with Gasteiger partial charge in [0.1, 0.15) is 5.75 Å². The molecule has 126 valence electrons. The molecular formula is C16H19F2NO4. The number of nitrogens with one attached hydrogen (secondary N) is 1. The Bertz CT molecular complexity index is 583. The molecule has 1 aliphatic heterocycles. The first-order chi connectivity index (χ1) is 10.9. The molecule has 0 saturated heterocycles. The molecule has 1 aromatic rings. The lowest BCUT2D eigenvalue weighted by Gasteiger charge is -2.29. The molecular weight excluding hydrogens is 308 g/mol. The molecule has 1 unspecified atom stereocenters. The molecule has 1 heterocycles.